The maximum atomic E-state index is 12.1. The van der Waals surface area contributed by atoms with Gasteiger partial charge in [0.15, 0.2) is 0 Å². The van der Waals surface area contributed by atoms with Gasteiger partial charge in [-0.25, -0.2) is 8.78 Å². The van der Waals surface area contributed by atoms with E-state index in [0.29, 0.717) is 5.76 Å². The van der Waals surface area contributed by atoms with Crippen LogP contribution in [0.1, 0.15) is 41.5 Å². The fourth-order valence-electron chi connectivity index (χ4n) is 0.901. The van der Waals surface area contributed by atoms with Crippen molar-refractivity contribution in [3.8, 4) is 0 Å². The standard InChI is InChI=1S/C7H8BF2NO.C6H14O2.C2H6/c1-12-6-3-11-5(7(9)10)2-4(6)8;1-5(2,7)6(3,4)8;1-2/h2-3,5,7,11H,1H3;7-8H,1-4H3;1-2H3. The molecule has 0 bridgehead atoms. The molecule has 1 unspecified atom stereocenters. The lowest BCUT2D eigenvalue weighted by molar-refractivity contribution is -0.107. The molecule has 1 atom stereocenters. The second kappa shape index (κ2) is 9.84. The molecule has 0 spiro atoms. The van der Waals surface area contributed by atoms with Gasteiger partial charge < -0.3 is 20.3 Å². The van der Waals surface area contributed by atoms with Crippen molar-refractivity contribution in [1.82, 2.24) is 5.32 Å². The van der Waals surface area contributed by atoms with Gasteiger partial charge in [-0.1, -0.05) is 25.4 Å². The summed E-state index contributed by atoms with van der Waals surface area (Å²) in [6, 6.07) is -1.01. The van der Waals surface area contributed by atoms with E-state index in [1.54, 1.807) is 27.7 Å². The number of rotatable bonds is 3. The second-order valence-corrected chi connectivity index (χ2v) is 5.48. The second-order valence-electron chi connectivity index (χ2n) is 5.48. The third kappa shape index (κ3) is 8.39. The summed E-state index contributed by atoms with van der Waals surface area (Å²) in [7, 11) is 6.84. The Labute approximate surface area is 133 Å². The minimum absolute atomic E-state index is 0.238. The summed E-state index contributed by atoms with van der Waals surface area (Å²) in [5.41, 5.74) is -1.78. The van der Waals surface area contributed by atoms with Gasteiger partial charge in [0.05, 0.1) is 18.3 Å². The van der Waals surface area contributed by atoms with Gasteiger partial charge in [-0.15, -0.1) is 0 Å². The Morgan fingerprint density at radius 3 is 1.82 bits per heavy atom. The van der Waals surface area contributed by atoms with Gasteiger partial charge in [-0.3, -0.25) is 0 Å². The Balaban J connectivity index is 0. The number of methoxy groups -OCH3 is 1. The molecular formula is C15H28BF2NO3. The highest BCUT2D eigenvalue weighted by atomic mass is 19.3. The number of aliphatic hydroxyl groups is 2. The minimum atomic E-state index is -2.46. The molecule has 4 nitrogen and oxygen atoms in total. The predicted molar refractivity (Wildman–Crippen MR) is 85.8 cm³/mol. The minimum Gasteiger partial charge on any atom is -0.496 e. The number of dihydropyridines is 1. The van der Waals surface area contributed by atoms with Crippen LogP contribution in [-0.4, -0.2) is 48.8 Å². The van der Waals surface area contributed by atoms with Crippen LogP contribution in [0.15, 0.2) is 23.5 Å². The topological polar surface area (TPSA) is 61.7 Å². The Bertz CT molecular complexity index is 360. The molecule has 0 aromatic heterocycles. The molecule has 2 radical (unpaired) electrons. The van der Waals surface area contributed by atoms with Crippen LogP contribution >= 0.6 is 0 Å². The van der Waals surface area contributed by atoms with Gasteiger partial charge in [0, 0.05) is 6.20 Å². The van der Waals surface area contributed by atoms with E-state index in [1.807, 2.05) is 13.8 Å². The maximum absolute atomic E-state index is 12.1. The largest absolute Gasteiger partial charge is 0.496 e. The summed E-state index contributed by atoms with van der Waals surface area (Å²) < 4.78 is 29.0. The predicted octanol–water partition coefficient (Wildman–Crippen LogP) is 2.32. The molecular weight excluding hydrogens is 291 g/mol. The smallest absolute Gasteiger partial charge is 0.261 e. The van der Waals surface area contributed by atoms with E-state index in [0.717, 1.165) is 0 Å². The summed E-state index contributed by atoms with van der Waals surface area (Å²) in [5.74, 6) is 0.381. The van der Waals surface area contributed by atoms with Crippen molar-refractivity contribution in [3.05, 3.63) is 23.5 Å². The maximum Gasteiger partial charge on any atom is 0.261 e. The Morgan fingerprint density at radius 2 is 1.59 bits per heavy atom. The number of halogens is 2. The first-order chi connectivity index (χ1) is 9.90. The molecule has 0 saturated carbocycles. The molecule has 0 saturated heterocycles. The van der Waals surface area contributed by atoms with Gasteiger partial charge in [0.25, 0.3) is 6.43 Å². The highest BCUT2D eigenvalue weighted by Crippen LogP contribution is 2.19. The molecule has 7 heteroatoms. The third-order valence-electron chi connectivity index (χ3n) is 3.04. The van der Waals surface area contributed by atoms with E-state index in [2.05, 4.69) is 5.32 Å². The van der Waals surface area contributed by atoms with Crippen molar-refractivity contribution < 1.29 is 23.7 Å². The molecule has 128 valence electrons. The summed E-state index contributed by atoms with van der Waals surface area (Å²) in [6.45, 7) is 10.3. The van der Waals surface area contributed by atoms with Crippen LogP contribution in [0.3, 0.4) is 0 Å². The molecule has 0 fully saturated rings. The molecule has 0 aromatic carbocycles. The normalized spacial score (nSPS) is 17.9. The first kappa shape index (κ1) is 23.2. The molecule has 0 amide bonds. The van der Waals surface area contributed by atoms with E-state index >= 15 is 0 Å². The van der Waals surface area contributed by atoms with Gasteiger partial charge in [-0.2, -0.15) is 0 Å². The van der Waals surface area contributed by atoms with Crippen LogP contribution in [0.5, 0.6) is 0 Å². The number of ether oxygens (including phenoxy) is 1. The monoisotopic (exact) mass is 319 g/mol. The zero-order valence-corrected chi connectivity index (χ0v) is 14.4. The first-order valence-electron chi connectivity index (χ1n) is 7.11. The number of alkyl halides is 2. The fourth-order valence-corrected chi connectivity index (χ4v) is 0.901. The highest BCUT2D eigenvalue weighted by Gasteiger charge is 2.31. The average molecular weight is 319 g/mol. The molecule has 22 heavy (non-hydrogen) atoms. The number of hydrogen-bond acceptors (Lipinski definition) is 4. The summed E-state index contributed by atoms with van der Waals surface area (Å²) in [4.78, 5) is 0. The van der Waals surface area contributed by atoms with Crippen molar-refractivity contribution in [3.63, 3.8) is 0 Å². The van der Waals surface area contributed by atoms with E-state index in [1.165, 1.54) is 19.4 Å². The zero-order chi connectivity index (χ0) is 18.1. The Morgan fingerprint density at radius 1 is 1.18 bits per heavy atom. The fraction of sp³-hybridized carbons (Fsp3) is 0.733. The van der Waals surface area contributed by atoms with Crippen molar-refractivity contribution in [2.24, 2.45) is 0 Å². The molecule has 0 aliphatic carbocycles. The van der Waals surface area contributed by atoms with Crippen molar-refractivity contribution in [2.45, 2.75) is 65.2 Å². The molecule has 1 rings (SSSR count). The first-order valence-corrected chi connectivity index (χ1v) is 7.11. The van der Waals surface area contributed by atoms with Crippen molar-refractivity contribution in [1.29, 1.82) is 0 Å². The number of hydrogen-bond donors (Lipinski definition) is 3. The van der Waals surface area contributed by atoms with Gasteiger partial charge >= 0.3 is 0 Å². The van der Waals surface area contributed by atoms with Crippen LogP contribution < -0.4 is 5.32 Å². The van der Waals surface area contributed by atoms with Crippen LogP contribution in [0, 0.1) is 0 Å². The Hall–Kier alpha value is -1.08. The summed E-state index contributed by atoms with van der Waals surface area (Å²) >= 11 is 0. The SMILES string of the molecule is CC.CC(C)(O)C(C)(C)O.[B]C1=CC(C(F)F)NC=C1OC. The number of allylic oxidation sites excluding steroid dienone is 1. The van der Waals surface area contributed by atoms with Crippen LogP contribution in [0.2, 0.25) is 0 Å². The molecule has 3 N–H and O–H groups in total. The van der Waals surface area contributed by atoms with Gasteiger partial charge in [-0.05, 0) is 27.7 Å². The van der Waals surface area contributed by atoms with Crippen LogP contribution in [0.25, 0.3) is 0 Å². The lowest BCUT2D eigenvalue weighted by atomic mass is 9.90. The highest BCUT2D eigenvalue weighted by molar-refractivity contribution is 6.24. The van der Waals surface area contributed by atoms with E-state index in [-0.39, 0.29) is 5.47 Å². The molecule has 0 aromatic rings. The van der Waals surface area contributed by atoms with Crippen LogP contribution in [-0.2, 0) is 4.74 Å². The van der Waals surface area contributed by atoms with E-state index in [9.17, 15) is 8.78 Å². The van der Waals surface area contributed by atoms with Crippen LogP contribution in [0.4, 0.5) is 8.78 Å². The van der Waals surface area contributed by atoms with Crippen molar-refractivity contribution in [2.75, 3.05) is 7.11 Å². The molecule has 1 heterocycles. The van der Waals surface area contributed by atoms with E-state index < -0.39 is 23.7 Å². The van der Waals surface area contributed by atoms with Gasteiger partial charge in [0.2, 0.25) is 0 Å². The Kier molecular flexibility index (Phi) is 10.4. The quantitative estimate of drug-likeness (QED) is 0.699. The average Bonchev–Trinajstić information content (AvgIpc) is 2.39. The molecule has 1 aliphatic rings. The summed E-state index contributed by atoms with van der Waals surface area (Å²) in [5, 5.41) is 20.7. The van der Waals surface area contributed by atoms with Crippen molar-refractivity contribution >= 4 is 7.85 Å². The molecule has 1 aliphatic heterocycles. The summed E-state index contributed by atoms with van der Waals surface area (Å²) in [6.07, 6.45) is 0.119. The number of nitrogens with one attached hydrogen (secondary N) is 1. The lowest BCUT2D eigenvalue weighted by Gasteiger charge is -2.31. The lowest BCUT2D eigenvalue weighted by Crippen LogP contribution is -2.44. The van der Waals surface area contributed by atoms with Gasteiger partial charge in [0.1, 0.15) is 19.6 Å². The zero-order valence-electron chi connectivity index (χ0n) is 14.4. The van der Waals surface area contributed by atoms with E-state index in [4.69, 9.17) is 22.8 Å². The third-order valence-corrected chi connectivity index (χ3v) is 3.04.